The zero-order valence-corrected chi connectivity index (χ0v) is 12.3. The van der Waals surface area contributed by atoms with E-state index in [2.05, 4.69) is 19.3 Å². The van der Waals surface area contributed by atoms with Crippen molar-refractivity contribution in [3.63, 3.8) is 0 Å². The van der Waals surface area contributed by atoms with Gasteiger partial charge in [-0.3, -0.25) is 11.3 Å². The first-order valence-electron chi connectivity index (χ1n) is 6.29. The summed E-state index contributed by atoms with van der Waals surface area (Å²) in [5, 5.41) is 0. The van der Waals surface area contributed by atoms with Crippen LogP contribution in [0.4, 0.5) is 0 Å². The third kappa shape index (κ3) is 3.83. The van der Waals surface area contributed by atoms with E-state index in [4.69, 9.17) is 20.1 Å². The van der Waals surface area contributed by atoms with Gasteiger partial charge in [-0.25, -0.2) is 0 Å². The molecule has 0 aliphatic heterocycles. The van der Waals surface area contributed by atoms with E-state index in [0.717, 1.165) is 17.1 Å². The molecule has 0 saturated heterocycles. The monoisotopic (exact) mass is 268 g/mol. The predicted octanol–water partition coefficient (Wildman–Crippen LogP) is 1.88. The SMILES string of the molecule is COc1cc(OC)cc(C(NN)C(OC)C(C)C)c1. The molecule has 19 heavy (non-hydrogen) atoms. The van der Waals surface area contributed by atoms with Gasteiger partial charge >= 0.3 is 0 Å². The lowest BCUT2D eigenvalue weighted by molar-refractivity contribution is 0.0325. The van der Waals surface area contributed by atoms with E-state index in [9.17, 15) is 0 Å². The molecular weight excluding hydrogens is 244 g/mol. The van der Waals surface area contributed by atoms with Crippen LogP contribution in [0.1, 0.15) is 25.5 Å². The second kappa shape index (κ2) is 7.33. The number of benzene rings is 1. The van der Waals surface area contributed by atoms with Gasteiger partial charge in [-0.2, -0.15) is 0 Å². The highest BCUT2D eigenvalue weighted by atomic mass is 16.5. The van der Waals surface area contributed by atoms with Crippen molar-refractivity contribution in [1.82, 2.24) is 5.43 Å². The van der Waals surface area contributed by atoms with Crippen LogP contribution < -0.4 is 20.7 Å². The summed E-state index contributed by atoms with van der Waals surface area (Å²) in [6, 6.07) is 5.56. The fraction of sp³-hybridized carbons (Fsp3) is 0.571. The Kier molecular flexibility index (Phi) is 6.08. The molecule has 1 aromatic rings. The number of methoxy groups -OCH3 is 3. The van der Waals surface area contributed by atoms with E-state index in [1.807, 2.05) is 18.2 Å². The Morgan fingerprint density at radius 2 is 1.53 bits per heavy atom. The summed E-state index contributed by atoms with van der Waals surface area (Å²) in [6.07, 6.45) is -0.0400. The highest BCUT2D eigenvalue weighted by Crippen LogP contribution is 2.30. The van der Waals surface area contributed by atoms with Gasteiger partial charge in [-0.05, 0) is 23.6 Å². The second-order valence-corrected chi connectivity index (χ2v) is 4.73. The maximum Gasteiger partial charge on any atom is 0.122 e. The zero-order valence-electron chi connectivity index (χ0n) is 12.3. The van der Waals surface area contributed by atoms with E-state index in [1.54, 1.807) is 21.3 Å². The molecular formula is C14H24N2O3. The van der Waals surface area contributed by atoms with Crippen LogP contribution in [-0.2, 0) is 4.74 Å². The van der Waals surface area contributed by atoms with E-state index in [1.165, 1.54) is 0 Å². The Morgan fingerprint density at radius 1 is 1.00 bits per heavy atom. The van der Waals surface area contributed by atoms with Crippen LogP contribution in [0.25, 0.3) is 0 Å². The first-order valence-corrected chi connectivity index (χ1v) is 6.29. The van der Waals surface area contributed by atoms with Crippen molar-refractivity contribution < 1.29 is 14.2 Å². The molecule has 0 bridgehead atoms. The van der Waals surface area contributed by atoms with Gasteiger partial charge in [0, 0.05) is 13.2 Å². The first kappa shape index (κ1) is 15.8. The molecule has 0 saturated carbocycles. The van der Waals surface area contributed by atoms with Gasteiger partial charge in [0.05, 0.1) is 26.4 Å². The normalized spacial score (nSPS) is 14.3. The molecule has 1 aromatic carbocycles. The Morgan fingerprint density at radius 3 is 1.84 bits per heavy atom. The van der Waals surface area contributed by atoms with E-state index < -0.39 is 0 Å². The second-order valence-electron chi connectivity index (χ2n) is 4.73. The summed E-state index contributed by atoms with van der Waals surface area (Å²) in [6.45, 7) is 4.19. The maximum absolute atomic E-state index is 5.69. The van der Waals surface area contributed by atoms with E-state index in [0.29, 0.717) is 5.92 Å². The van der Waals surface area contributed by atoms with Crippen molar-refractivity contribution in [3.8, 4) is 11.5 Å². The number of hydrazine groups is 1. The first-order chi connectivity index (χ1) is 9.07. The lowest BCUT2D eigenvalue weighted by Gasteiger charge is -2.29. The summed E-state index contributed by atoms with van der Waals surface area (Å²) < 4.78 is 16.1. The molecule has 0 fully saturated rings. The molecule has 0 aliphatic carbocycles. The number of ether oxygens (including phenoxy) is 3. The number of hydrogen-bond donors (Lipinski definition) is 2. The van der Waals surface area contributed by atoms with Crippen molar-refractivity contribution in [1.29, 1.82) is 0 Å². The summed E-state index contributed by atoms with van der Waals surface area (Å²) in [5.41, 5.74) is 3.79. The molecule has 0 radical (unpaired) electrons. The molecule has 0 aliphatic rings. The van der Waals surface area contributed by atoms with Crippen molar-refractivity contribution in [3.05, 3.63) is 23.8 Å². The van der Waals surface area contributed by atoms with Gasteiger partial charge in [-0.1, -0.05) is 13.8 Å². The molecule has 5 heteroatoms. The smallest absolute Gasteiger partial charge is 0.122 e. The van der Waals surface area contributed by atoms with Crippen LogP contribution in [0, 0.1) is 5.92 Å². The lowest BCUT2D eigenvalue weighted by atomic mass is 9.93. The molecule has 2 atom stereocenters. The van der Waals surface area contributed by atoms with Gasteiger partial charge in [0.15, 0.2) is 0 Å². The van der Waals surface area contributed by atoms with E-state index in [-0.39, 0.29) is 12.1 Å². The largest absolute Gasteiger partial charge is 0.497 e. The van der Waals surface area contributed by atoms with Crippen molar-refractivity contribution in [2.45, 2.75) is 26.0 Å². The summed E-state index contributed by atoms with van der Waals surface area (Å²) >= 11 is 0. The van der Waals surface area contributed by atoms with Crippen molar-refractivity contribution >= 4 is 0 Å². The molecule has 5 nitrogen and oxygen atoms in total. The predicted molar refractivity (Wildman–Crippen MR) is 75.2 cm³/mol. The van der Waals surface area contributed by atoms with E-state index >= 15 is 0 Å². The van der Waals surface area contributed by atoms with Crippen LogP contribution >= 0.6 is 0 Å². The van der Waals surface area contributed by atoms with Gasteiger partial charge in [0.2, 0.25) is 0 Å². The minimum absolute atomic E-state index is 0.0400. The van der Waals surface area contributed by atoms with Crippen LogP contribution in [0.3, 0.4) is 0 Å². The molecule has 0 heterocycles. The van der Waals surface area contributed by atoms with Gasteiger partial charge in [-0.15, -0.1) is 0 Å². The Bertz CT molecular complexity index is 374. The van der Waals surface area contributed by atoms with Gasteiger partial charge in [0.1, 0.15) is 11.5 Å². The number of hydrogen-bond acceptors (Lipinski definition) is 5. The summed E-state index contributed by atoms with van der Waals surface area (Å²) in [5.74, 6) is 7.47. The topological polar surface area (TPSA) is 65.7 Å². The highest BCUT2D eigenvalue weighted by molar-refractivity contribution is 5.40. The minimum atomic E-state index is -0.131. The lowest BCUT2D eigenvalue weighted by Crippen LogP contribution is -2.40. The third-order valence-corrected chi connectivity index (χ3v) is 3.17. The average molecular weight is 268 g/mol. The third-order valence-electron chi connectivity index (χ3n) is 3.17. The fourth-order valence-corrected chi connectivity index (χ4v) is 2.18. The Hall–Kier alpha value is -1.30. The standard InChI is InChI=1S/C14H24N2O3/c1-9(2)14(19-5)13(16-15)10-6-11(17-3)8-12(7-10)18-4/h6-9,13-14,16H,15H2,1-5H3. The molecule has 1 rings (SSSR count). The average Bonchev–Trinajstić information content (AvgIpc) is 2.43. The summed E-state index contributed by atoms with van der Waals surface area (Å²) in [4.78, 5) is 0. The maximum atomic E-state index is 5.69. The molecule has 0 aromatic heterocycles. The van der Waals surface area contributed by atoms with Crippen LogP contribution in [-0.4, -0.2) is 27.4 Å². The van der Waals surface area contributed by atoms with Gasteiger partial charge < -0.3 is 14.2 Å². The molecule has 3 N–H and O–H groups in total. The number of rotatable bonds is 7. The molecule has 0 spiro atoms. The molecule has 108 valence electrons. The zero-order chi connectivity index (χ0) is 14.4. The number of nitrogens with one attached hydrogen (secondary N) is 1. The Labute approximate surface area is 115 Å². The highest BCUT2D eigenvalue weighted by Gasteiger charge is 2.25. The van der Waals surface area contributed by atoms with Crippen molar-refractivity contribution in [2.24, 2.45) is 11.8 Å². The van der Waals surface area contributed by atoms with Crippen molar-refractivity contribution in [2.75, 3.05) is 21.3 Å². The Balaban J connectivity index is 3.16. The quantitative estimate of drug-likeness (QED) is 0.584. The van der Waals surface area contributed by atoms with Crippen LogP contribution in [0.15, 0.2) is 18.2 Å². The fourth-order valence-electron chi connectivity index (χ4n) is 2.18. The van der Waals surface area contributed by atoms with Crippen LogP contribution in [0.2, 0.25) is 0 Å². The van der Waals surface area contributed by atoms with Crippen LogP contribution in [0.5, 0.6) is 11.5 Å². The molecule has 2 unspecified atom stereocenters. The minimum Gasteiger partial charge on any atom is -0.497 e. The summed E-state index contributed by atoms with van der Waals surface area (Å²) in [7, 11) is 4.94. The molecule has 0 amide bonds. The number of nitrogens with two attached hydrogens (primary N) is 1. The van der Waals surface area contributed by atoms with Gasteiger partial charge in [0.25, 0.3) is 0 Å².